The minimum Gasteiger partial charge on any atom is -0.254 e. The number of hydrogen-bond acceptors (Lipinski definition) is 1. The number of rotatable bonds is 2. The lowest BCUT2D eigenvalue weighted by atomic mass is 10.2. The molecule has 0 fully saturated rings. The summed E-state index contributed by atoms with van der Waals surface area (Å²) in [6, 6.07) is 5.44. The van der Waals surface area contributed by atoms with Gasteiger partial charge in [0.05, 0.1) is 10.8 Å². The Balaban J connectivity index is 3.09. The van der Waals surface area contributed by atoms with Gasteiger partial charge in [-0.3, -0.25) is 4.21 Å². The molecule has 1 atom stereocenters. The summed E-state index contributed by atoms with van der Waals surface area (Å²) in [7, 11) is -0.869. The van der Waals surface area contributed by atoms with Crippen LogP contribution in [0.3, 0.4) is 0 Å². The average molecular weight is 203 g/mol. The molecule has 0 heterocycles. The molecule has 1 nitrogen and oxygen atoms in total. The summed E-state index contributed by atoms with van der Waals surface area (Å²) < 4.78 is 11.4. The van der Waals surface area contributed by atoms with E-state index in [1.54, 1.807) is 6.07 Å². The first-order valence-electron chi connectivity index (χ1n) is 3.79. The summed E-state index contributed by atoms with van der Waals surface area (Å²) in [6.45, 7) is 3.83. The van der Waals surface area contributed by atoms with Gasteiger partial charge in [-0.15, -0.1) is 0 Å². The molecule has 0 N–H and O–H groups in total. The van der Waals surface area contributed by atoms with Gasteiger partial charge in [-0.1, -0.05) is 18.5 Å². The van der Waals surface area contributed by atoms with Gasteiger partial charge >= 0.3 is 0 Å². The molecule has 0 aliphatic rings. The molecule has 0 spiro atoms. The zero-order chi connectivity index (χ0) is 9.14. The fourth-order valence-corrected chi connectivity index (χ4v) is 2.20. The van der Waals surface area contributed by atoms with Crippen LogP contribution in [0.5, 0.6) is 0 Å². The molecule has 0 aromatic heterocycles. The van der Waals surface area contributed by atoms with Gasteiger partial charge in [-0.05, 0) is 30.7 Å². The van der Waals surface area contributed by atoms with E-state index in [-0.39, 0.29) is 0 Å². The lowest BCUT2D eigenvalue weighted by Gasteiger charge is -2.03. The molecule has 0 radical (unpaired) electrons. The molecule has 1 unspecified atom stereocenters. The van der Waals surface area contributed by atoms with Crippen molar-refractivity contribution < 1.29 is 4.21 Å². The second kappa shape index (κ2) is 4.06. The summed E-state index contributed by atoms with van der Waals surface area (Å²) in [5.41, 5.74) is 1.00. The molecule has 66 valence electrons. The minimum atomic E-state index is -0.869. The Kier molecular flexibility index (Phi) is 3.29. The first-order chi connectivity index (χ1) is 5.65. The van der Waals surface area contributed by atoms with Gasteiger partial charge in [0.2, 0.25) is 0 Å². The van der Waals surface area contributed by atoms with Crippen LogP contribution in [0.15, 0.2) is 23.1 Å². The highest BCUT2D eigenvalue weighted by Crippen LogP contribution is 2.18. The zero-order valence-electron chi connectivity index (χ0n) is 7.13. The molecule has 1 aromatic carbocycles. The van der Waals surface area contributed by atoms with Gasteiger partial charge in [-0.25, -0.2) is 0 Å². The summed E-state index contributed by atoms with van der Waals surface area (Å²) >= 11 is 5.77. The lowest BCUT2D eigenvalue weighted by molar-refractivity contribution is 0.683. The Morgan fingerprint density at radius 1 is 1.50 bits per heavy atom. The molecule has 12 heavy (non-hydrogen) atoms. The topological polar surface area (TPSA) is 17.1 Å². The maximum atomic E-state index is 11.4. The van der Waals surface area contributed by atoms with Crippen LogP contribution in [-0.4, -0.2) is 9.96 Å². The van der Waals surface area contributed by atoms with Crippen molar-refractivity contribution in [2.75, 3.05) is 5.75 Å². The number of hydrogen-bond donors (Lipinski definition) is 0. The van der Waals surface area contributed by atoms with E-state index in [1.807, 2.05) is 26.0 Å². The van der Waals surface area contributed by atoms with Gasteiger partial charge in [0.25, 0.3) is 0 Å². The molecule has 1 rings (SSSR count). The van der Waals surface area contributed by atoms with E-state index in [0.29, 0.717) is 10.8 Å². The standard InChI is InChI=1S/C9H11ClOS/c1-3-12(11)9-5-4-8(10)6-7(9)2/h4-6H,3H2,1-2H3. The van der Waals surface area contributed by atoms with Gasteiger partial charge in [-0.2, -0.15) is 0 Å². The van der Waals surface area contributed by atoms with E-state index in [4.69, 9.17) is 11.6 Å². The monoisotopic (exact) mass is 202 g/mol. The third-order valence-electron chi connectivity index (χ3n) is 1.64. The Morgan fingerprint density at radius 3 is 2.67 bits per heavy atom. The van der Waals surface area contributed by atoms with Gasteiger partial charge < -0.3 is 0 Å². The molecule has 0 saturated heterocycles. The predicted octanol–water partition coefficient (Wildman–Crippen LogP) is 2.78. The maximum absolute atomic E-state index is 11.4. The smallest absolute Gasteiger partial charge is 0.0529 e. The van der Waals surface area contributed by atoms with E-state index in [9.17, 15) is 4.21 Å². The number of halogens is 1. The highest BCUT2D eigenvalue weighted by Gasteiger charge is 2.04. The van der Waals surface area contributed by atoms with Crippen LogP contribution in [0.4, 0.5) is 0 Å². The molecule has 1 aromatic rings. The average Bonchev–Trinajstić information content (AvgIpc) is 2.03. The molecular formula is C9H11ClOS. The van der Waals surface area contributed by atoms with Crippen LogP contribution in [0, 0.1) is 6.92 Å². The van der Waals surface area contributed by atoms with Crippen molar-refractivity contribution >= 4 is 22.4 Å². The van der Waals surface area contributed by atoms with Crippen molar-refractivity contribution in [3.05, 3.63) is 28.8 Å². The Labute approximate surface area is 80.2 Å². The summed E-state index contributed by atoms with van der Waals surface area (Å²) in [4.78, 5) is 0.891. The fraction of sp³-hybridized carbons (Fsp3) is 0.333. The van der Waals surface area contributed by atoms with Gasteiger partial charge in [0.1, 0.15) is 0 Å². The molecule has 0 amide bonds. The molecule has 0 aliphatic heterocycles. The van der Waals surface area contributed by atoms with Crippen LogP contribution < -0.4 is 0 Å². The second-order valence-corrected chi connectivity index (χ2v) is 4.69. The Bertz CT molecular complexity index is 309. The Morgan fingerprint density at radius 2 is 2.17 bits per heavy atom. The van der Waals surface area contributed by atoms with E-state index < -0.39 is 10.8 Å². The van der Waals surface area contributed by atoms with Crippen molar-refractivity contribution in [3.63, 3.8) is 0 Å². The maximum Gasteiger partial charge on any atom is 0.0529 e. The first-order valence-corrected chi connectivity index (χ1v) is 5.49. The largest absolute Gasteiger partial charge is 0.254 e. The summed E-state index contributed by atoms with van der Waals surface area (Å²) in [5, 5.41) is 0.698. The van der Waals surface area contributed by atoms with Crippen LogP contribution in [0.25, 0.3) is 0 Å². The van der Waals surface area contributed by atoms with Crippen molar-refractivity contribution in [1.29, 1.82) is 0 Å². The van der Waals surface area contributed by atoms with Crippen molar-refractivity contribution in [1.82, 2.24) is 0 Å². The normalized spacial score (nSPS) is 12.9. The van der Waals surface area contributed by atoms with Crippen LogP contribution in [-0.2, 0) is 10.8 Å². The van der Waals surface area contributed by atoms with Crippen LogP contribution >= 0.6 is 11.6 Å². The lowest BCUT2D eigenvalue weighted by Crippen LogP contribution is -1.96. The molecule has 3 heteroatoms. The van der Waals surface area contributed by atoms with Gasteiger partial charge in [0.15, 0.2) is 0 Å². The fourth-order valence-electron chi connectivity index (χ4n) is 1.02. The van der Waals surface area contributed by atoms with Crippen molar-refractivity contribution in [3.8, 4) is 0 Å². The molecular weight excluding hydrogens is 192 g/mol. The summed E-state index contributed by atoms with van der Waals surface area (Å²) in [5.74, 6) is 0.655. The van der Waals surface area contributed by atoms with E-state index in [0.717, 1.165) is 10.5 Å². The Hall–Kier alpha value is -0.340. The summed E-state index contributed by atoms with van der Waals surface area (Å²) in [6.07, 6.45) is 0. The quantitative estimate of drug-likeness (QED) is 0.721. The van der Waals surface area contributed by atoms with Crippen molar-refractivity contribution in [2.45, 2.75) is 18.7 Å². The van der Waals surface area contributed by atoms with E-state index in [2.05, 4.69) is 0 Å². The third-order valence-corrected chi connectivity index (χ3v) is 3.35. The first kappa shape index (κ1) is 9.75. The van der Waals surface area contributed by atoms with Crippen molar-refractivity contribution in [2.24, 2.45) is 0 Å². The van der Waals surface area contributed by atoms with Crippen LogP contribution in [0.2, 0.25) is 5.02 Å². The second-order valence-electron chi connectivity index (χ2n) is 2.54. The van der Waals surface area contributed by atoms with Crippen LogP contribution in [0.1, 0.15) is 12.5 Å². The molecule has 0 bridgehead atoms. The highest BCUT2D eigenvalue weighted by molar-refractivity contribution is 7.85. The highest BCUT2D eigenvalue weighted by atomic mass is 35.5. The van der Waals surface area contributed by atoms with E-state index in [1.165, 1.54) is 0 Å². The molecule has 0 aliphatic carbocycles. The minimum absolute atomic E-state index is 0.655. The SMILES string of the molecule is CCS(=O)c1ccc(Cl)cc1C. The molecule has 0 saturated carbocycles. The number of aryl methyl sites for hydroxylation is 1. The number of benzene rings is 1. The third kappa shape index (κ3) is 2.08. The zero-order valence-corrected chi connectivity index (χ0v) is 8.71. The predicted molar refractivity (Wildman–Crippen MR) is 53.1 cm³/mol. The van der Waals surface area contributed by atoms with Gasteiger partial charge in [0, 0.05) is 15.7 Å². The van der Waals surface area contributed by atoms with E-state index >= 15 is 0 Å².